The number of nitrogens with zero attached hydrogens (tertiary/aromatic N) is 8. The Labute approximate surface area is 310 Å². The maximum atomic E-state index is 14.0. The van der Waals surface area contributed by atoms with Crippen molar-refractivity contribution in [2.45, 2.75) is 103 Å². The van der Waals surface area contributed by atoms with Gasteiger partial charge in [-0.15, -0.1) is 5.10 Å². The van der Waals surface area contributed by atoms with Crippen LogP contribution in [0.15, 0.2) is 77.9 Å². The highest BCUT2D eigenvalue weighted by Crippen LogP contribution is 2.39. The molecule has 2 aliphatic heterocycles. The van der Waals surface area contributed by atoms with Crippen molar-refractivity contribution in [2.75, 3.05) is 23.4 Å². The molecule has 2 unspecified atom stereocenters. The molecule has 2 atom stereocenters. The summed E-state index contributed by atoms with van der Waals surface area (Å²) in [5.41, 5.74) is 4.25. The average molecular weight is 725 g/mol. The van der Waals surface area contributed by atoms with Gasteiger partial charge in [0.25, 0.3) is 11.8 Å². The second-order valence-corrected chi connectivity index (χ2v) is 15.7. The molecule has 1 N–H and O–H groups in total. The van der Waals surface area contributed by atoms with Gasteiger partial charge in [0.2, 0.25) is 10.4 Å². The van der Waals surface area contributed by atoms with Crippen LogP contribution >= 0.6 is 11.9 Å². The Morgan fingerprint density at radius 3 is 2.31 bits per heavy atom. The number of hydrogen-bond donors (Lipinski definition) is 1. The lowest BCUT2D eigenvalue weighted by Crippen LogP contribution is -2.45. The third-order valence-corrected chi connectivity index (χ3v) is 11.5. The minimum Gasteiger partial charge on any atom is -0.480 e. The summed E-state index contributed by atoms with van der Waals surface area (Å²) in [5, 5.41) is 20.8. The topological polar surface area (TPSA) is 122 Å². The second kappa shape index (κ2) is 15.4. The van der Waals surface area contributed by atoms with Crippen molar-refractivity contribution in [1.29, 1.82) is 0 Å². The summed E-state index contributed by atoms with van der Waals surface area (Å²) >= 11 is 1.21. The van der Waals surface area contributed by atoms with Gasteiger partial charge < -0.3 is 15.0 Å². The van der Waals surface area contributed by atoms with Crippen LogP contribution < -0.4 is 19.9 Å². The number of para-hydroxylation sites is 1. The standard InChI is InChI=1S/C39H49N9O3S/c1-8-32(51-33-23-18-27(38(4,5)9-2)26-31(33)39(6,7)10-3)36(49)40-28-19-21-29(22-20-28)46-37(50)34(35(41-46)45-24-14-15-25-45)52-48-44-42-43-47(48)30-16-12-11-13-17-30/h11-13,16-23,26,32,34H,8-10,14-15,24-25H2,1-7H3/p+1. The van der Waals surface area contributed by atoms with Gasteiger partial charge in [-0.2, -0.15) is 5.01 Å². The first-order chi connectivity index (χ1) is 25.0. The molecule has 0 saturated carbocycles. The first-order valence-corrected chi connectivity index (χ1v) is 19.1. The molecule has 6 rings (SSSR count). The number of ether oxygens (including phenoxy) is 1. The highest BCUT2D eigenvalue weighted by molar-refractivity contribution is 7.99. The van der Waals surface area contributed by atoms with Crippen molar-refractivity contribution in [2.24, 2.45) is 5.10 Å². The third kappa shape index (κ3) is 7.69. The molecular formula is C39H50N9O3S+. The lowest BCUT2D eigenvalue weighted by atomic mass is 9.76. The van der Waals surface area contributed by atoms with Crippen molar-refractivity contribution in [3.63, 3.8) is 0 Å². The molecule has 52 heavy (non-hydrogen) atoms. The van der Waals surface area contributed by atoms with Crippen molar-refractivity contribution in [1.82, 2.24) is 24.7 Å². The molecule has 0 spiro atoms. The van der Waals surface area contributed by atoms with Crippen LogP contribution in [-0.4, -0.2) is 66.8 Å². The van der Waals surface area contributed by atoms with Crippen molar-refractivity contribution >= 4 is 41.0 Å². The number of hydrazone groups is 1. The van der Waals surface area contributed by atoms with E-state index in [2.05, 4.69) is 79.5 Å². The smallest absolute Gasteiger partial charge is 0.270 e. The van der Waals surface area contributed by atoms with Gasteiger partial charge in [0, 0.05) is 28.5 Å². The van der Waals surface area contributed by atoms with Crippen LogP contribution in [0.4, 0.5) is 11.4 Å². The number of aromatic nitrogens is 5. The summed E-state index contributed by atoms with van der Waals surface area (Å²) in [6, 6.07) is 23.1. The number of rotatable bonds is 13. The summed E-state index contributed by atoms with van der Waals surface area (Å²) in [6.07, 6.45) is 3.84. The Morgan fingerprint density at radius 2 is 1.65 bits per heavy atom. The quantitative estimate of drug-likeness (QED) is 0.157. The third-order valence-electron chi connectivity index (χ3n) is 10.5. The average Bonchev–Trinajstić information content (AvgIpc) is 3.93. The largest absolute Gasteiger partial charge is 0.480 e. The summed E-state index contributed by atoms with van der Waals surface area (Å²) < 4.78 is 8.00. The molecule has 2 amide bonds. The molecule has 1 saturated heterocycles. The summed E-state index contributed by atoms with van der Waals surface area (Å²) in [5.74, 6) is 0.990. The highest BCUT2D eigenvalue weighted by atomic mass is 32.2. The first kappa shape index (κ1) is 37.0. The predicted molar refractivity (Wildman–Crippen MR) is 205 cm³/mol. The Kier molecular flexibility index (Phi) is 11.0. The van der Waals surface area contributed by atoms with E-state index in [0.717, 1.165) is 55.8 Å². The lowest BCUT2D eigenvalue weighted by Gasteiger charge is -2.31. The molecule has 0 aliphatic carbocycles. The van der Waals surface area contributed by atoms with E-state index < -0.39 is 11.4 Å². The molecule has 3 heterocycles. The Bertz CT molecular complexity index is 1900. The van der Waals surface area contributed by atoms with Gasteiger partial charge in [-0.05, 0) is 95.8 Å². The van der Waals surface area contributed by atoms with Crippen molar-refractivity contribution in [3.05, 3.63) is 83.9 Å². The van der Waals surface area contributed by atoms with Gasteiger partial charge >= 0.3 is 0 Å². The summed E-state index contributed by atoms with van der Waals surface area (Å²) in [7, 11) is 0. The molecule has 0 radical (unpaired) electrons. The van der Waals surface area contributed by atoms with E-state index in [4.69, 9.17) is 9.84 Å². The van der Waals surface area contributed by atoms with Crippen LogP contribution in [0.5, 0.6) is 5.75 Å². The van der Waals surface area contributed by atoms with Crippen LogP contribution in [0.25, 0.3) is 5.69 Å². The van der Waals surface area contributed by atoms with E-state index in [1.54, 1.807) is 29.1 Å². The van der Waals surface area contributed by atoms with Gasteiger partial charge in [0.15, 0.2) is 22.9 Å². The number of likely N-dealkylation sites (tertiary alicyclic amines) is 1. The van der Waals surface area contributed by atoms with Crippen molar-refractivity contribution < 1.29 is 19.1 Å². The number of anilines is 2. The number of amidine groups is 1. The van der Waals surface area contributed by atoms with E-state index in [0.29, 0.717) is 23.6 Å². The van der Waals surface area contributed by atoms with E-state index in [1.807, 2.05) is 43.3 Å². The molecule has 12 nitrogen and oxygen atoms in total. The molecule has 1 aromatic heterocycles. The predicted octanol–water partition coefficient (Wildman–Crippen LogP) is 6.44. The fourth-order valence-electron chi connectivity index (χ4n) is 6.27. The molecule has 3 aromatic carbocycles. The molecule has 274 valence electrons. The number of benzene rings is 3. The van der Waals surface area contributed by atoms with E-state index in [9.17, 15) is 9.59 Å². The summed E-state index contributed by atoms with van der Waals surface area (Å²) in [4.78, 5) is 31.3. The van der Waals surface area contributed by atoms with Gasteiger partial charge in [-0.3, -0.25) is 9.59 Å². The van der Waals surface area contributed by atoms with Gasteiger partial charge in [0.05, 0.1) is 17.6 Å². The zero-order valence-corrected chi connectivity index (χ0v) is 32.1. The number of nitrogens with one attached hydrogen (secondary N) is 1. The Hall–Kier alpha value is -4.78. The molecule has 0 bridgehead atoms. The maximum absolute atomic E-state index is 14.0. The van der Waals surface area contributed by atoms with Crippen LogP contribution in [0.3, 0.4) is 0 Å². The monoisotopic (exact) mass is 724 g/mol. The molecule has 13 heteroatoms. The van der Waals surface area contributed by atoms with E-state index in [1.165, 1.54) is 26.7 Å². The van der Waals surface area contributed by atoms with E-state index >= 15 is 0 Å². The van der Waals surface area contributed by atoms with Crippen LogP contribution in [0, 0.1) is 0 Å². The highest BCUT2D eigenvalue weighted by Gasteiger charge is 2.43. The fourth-order valence-corrected chi connectivity index (χ4v) is 7.23. The van der Waals surface area contributed by atoms with Gasteiger partial charge in [-0.25, -0.2) is 0 Å². The number of carbonyl (C=O) groups is 2. The maximum Gasteiger partial charge on any atom is 0.270 e. The minimum atomic E-state index is -0.688. The Balaban J connectivity index is 1.18. The summed E-state index contributed by atoms with van der Waals surface area (Å²) in [6.45, 7) is 16.9. The lowest BCUT2D eigenvalue weighted by molar-refractivity contribution is -0.728. The van der Waals surface area contributed by atoms with Crippen LogP contribution in [-0.2, 0) is 20.4 Å². The van der Waals surface area contributed by atoms with Crippen LogP contribution in [0.1, 0.15) is 91.7 Å². The van der Waals surface area contributed by atoms with E-state index in [-0.39, 0.29) is 22.6 Å². The SMILES string of the molecule is CCC(Oc1ccc(C(C)(C)CC)cc1C(C)(C)CC)C(=O)Nc1ccc(N2N=C(N3CCCC3)C(Sn3nnn[n+]3-c3ccccc3)C2=O)cc1. The minimum absolute atomic E-state index is 0.0327. The zero-order valence-electron chi connectivity index (χ0n) is 31.2. The molecule has 1 fully saturated rings. The normalized spacial score (nSPS) is 17.0. The molecular weight excluding hydrogens is 675 g/mol. The van der Waals surface area contributed by atoms with Crippen molar-refractivity contribution in [3.8, 4) is 11.4 Å². The van der Waals surface area contributed by atoms with Gasteiger partial charge in [0.1, 0.15) is 11.0 Å². The number of carbonyl (C=O) groups excluding carboxylic acids is 2. The Morgan fingerprint density at radius 1 is 0.962 bits per heavy atom. The van der Waals surface area contributed by atoms with Crippen LogP contribution in [0.2, 0.25) is 0 Å². The number of hydrogen-bond acceptors (Lipinski definition) is 9. The second-order valence-electron chi connectivity index (χ2n) is 14.7. The number of amides is 2. The molecule has 4 aromatic rings. The van der Waals surface area contributed by atoms with Gasteiger partial charge in [-0.1, -0.05) is 78.8 Å². The molecule has 2 aliphatic rings. The first-order valence-electron chi connectivity index (χ1n) is 18.3. The zero-order chi connectivity index (χ0) is 37.0. The fraction of sp³-hybridized carbons (Fsp3) is 0.462.